The van der Waals surface area contributed by atoms with Crippen LogP contribution in [0.3, 0.4) is 0 Å². The molecule has 0 N–H and O–H groups in total. The molecule has 0 rings (SSSR count). The second-order valence-corrected chi connectivity index (χ2v) is 18.5. The van der Waals surface area contributed by atoms with E-state index in [1.807, 2.05) is 0 Å². The molecule has 0 nitrogen and oxygen atoms in total. The van der Waals surface area contributed by atoms with Crippen LogP contribution in [0.1, 0.15) is 0 Å². The SMILES string of the molecule is BrC(Br)(Br)C(Br)(Br)C(Br)(Br)Br. The standard InChI is InChI=1S/C3Br8/c4-1(5,2(6,7)8)3(9,10)11. The third kappa shape index (κ3) is 4.07. The van der Waals surface area contributed by atoms with E-state index >= 15 is 0 Å². The van der Waals surface area contributed by atoms with Crippen molar-refractivity contribution in [1.82, 2.24) is 0 Å². The zero-order valence-corrected chi connectivity index (χ0v) is 17.2. The van der Waals surface area contributed by atoms with Crippen LogP contribution in [-0.4, -0.2) is 7.52 Å². The third-order valence-electron chi connectivity index (χ3n) is 0.712. The van der Waals surface area contributed by atoms with Gasteiger partial charge in [0, 0.05) is 0 Å². The molecule has 0 spiro atoms. The molecule has 0 saturated carbocycles. The monoisotopic (exact) mass is 667 g/mol. The van der Waals surface area contributed by atoms with Gasteiger partial charge in [0.1, 0.15) is 3.23 Å². The second-order valence-electron chi connectivity index (χ2n) is 1.57. The lowest BCUT2D eigenvalue weighted by Gasteiger charge is -2.36. The number of alkyl halides is 8. The Labute approximate surface area is 132 Å². The largest absolute Gasteiger partial charge is 0.162 e. The summed E-state index contributed by atoms with van der Waals surface area (Å²) in [5.74, 6) is 0. The average Bonchev–Trinajstić information content (AvgIpc) is 1.58. The molecule has 0 aromatic carbocycles. The lowest BCUT2D eigenvalue weighted by molar-refractivity contribution is 1.00. The summed E-state index contributed by atoms with van der Waals surface area (Å²) in [5.41, 5.74) is 0. The Morgan fingerprint density at radius 3 is 0.636 bits per heavy atom. The summed E-state index contributed by atoms with van der Waals surface area (Å²) in [4.78, 5) is 0. The molecule has 0 aliphatic heterocycles. The first kappa shape index (κ1) is 14.8. The van der Waals surface area contributed by atoms with E-state index in [1.54, 1.807) is 0 Å². The summed E-state index contributed by atoms with van der Waals surface area (Å²) in [7, 11) is 0. The summed E-state index contributed by atoms with van der Waals surface area (Å²) in [6.45, 7) is 0. The minimum atomic E-state index is -0.500. The van der Waals surface area contributed by atoms with Gasteiger partial charge in [-0.25, -0.2) is 0 Å². The maximum absolute atomic E-state index is 3.46. The first-order valence-corrected chi connectivity index (χ1v) is 8.36. The molecule has 68 valence electrons. The molecule has 0 radical (unpaired) electrons. The van der Waals surface area contributed by atoms with E-state index in [4.69, 9.17) is 0 Å². The molecule has 8 heteroatoms. The van der Waals surface area contributed by atoms with Crippen molar-refractivity contribution < 1.29 is 0 Å². The molecule has 0 unspecified atom stereocenters. The van der Waals surface area contributed by atoms with Gasteiger partial charge in [0.15, 0.2) is 4.29 Å². The van der Waals surface area contributed by atoms with Gasteiger partial charge < -0.3 is 0 Å². The van der Waals surface area contributed by atoms with Crippen molar-refractivity contribution in [2.75, 3.05) is 0 Å². The maximum Gasteiger partial charge on any atom is 0.162 e. The highest BCUT2D eigenvalue weighted by molar-refractivity contribution is 9.44. The van der Waals surface area contributed by atoms with E-state index in [9.17, 15) is 0 Å². The van der Waals surface area contributed by atoms with Crippen molar-refractivity contribution in [3.8, 4) is 0 Å². The van der Waals surface area contributed by atoms with Gasteiger partial charge in [0.25, 0.3) is 0 Å². The molecule has 0 aliphatic carbocycles. The molecule has 0 amide bonds. The van der Waals surface area contributed by atoms with Crippen LogP contribution in [0, 0.1) is 0 Å². The molecule has 0 aliphatic rings. The van der Waals surface area contributed by atoms with Crippen molar-refractivity contribution >= 4 is 127 Å². The number of hydrogen-bond acceptors (Lipinski definition) is 0. The fourth-order valence-corrected chi connectivity index (χ4v) is 4.34. The van der Waals surface area contributed by atoms with Crippen LogP contribution in [0.25, 0.3) is 0 Å². The average molecular weight is 675 g/mol. The highest BCUT2D eigenvalue weighted by Gasteiger charge is 2.55. The number of rotatable bonds is 0. The molecule has 0 fully saturated rings. The predicted molar refractivity (Wildman–Crippen MR) is 79.6 cm³/mol. The highest BCUT2D eigenvalue weighted by Crippen LogP contribution is 2.64. The predicted octanol–water partition coefficient (Wildman–Crippen LogP) is 6.15. The maximum atomic E-state index is 3.46. The first-order valence-electron chi connectivity index (χ1n) is 2.01. The van der Waals surface area contributed by atoms with Gasteiger partial charge in [-0.3, -0.25) is 0 Å². The number of halogens is 8. The van der Waals surface area contributed by atoms with E-state index < -0.39 is 7.52 Å². The summed E-state index contributed by atoms with van der Waals surface area (Å²) in [6, 6.07) is 0. The van der Waals surface area contributed by atoms with Crippen molar-refractivity contribution in [3.05, 3.63) is 0 Å². The molecule has 0 aromatic heterocycles. The van der Waals surface area contributed by atoms with Crippen LogP contribution in [0.5, 0.6) is 0 Å². The van der Waals surface area contributed by atoms with Crippen LogP contribution in [0.2, 0.25) is 0 Å². The Kier molecular flexibility index (Phi) is 6.45. The van der Waals surface area contributed by atoms with Gasteiger partial charge in [-0.1, -0.05) is 127 Å². The van der Waals surface area contributed by atoms with Gasteiger partial charge in [-0.2, -0.15) is 0 Å². The lowest BCUT2D eigenvalue weighted by atomic mass is 10.6. The number of hydrogen-bond donors (Lipinski definition) is 0. The van der Waals surface area contributed by atoms with Gasteiger partial charge in [0.05, 0.1) is 0 Å². The summed E-state index contributed by atoms with van der Waals surface area (Å²) >= 11 is 27.2. The minimum absolute atomic E-state index is 0.490. The van der Waals surface area contributed by atoms with E-state index in [1.165, 1.54) is 0 Å². The molecule has 0 bridgehead atoms. The van der Waals surface area contributed by atoms with E-state index in [0.29, 0.717) is 0 Å². The fraction of sp³-hybridized carbons (Fsp3) is 1.00. The topological polar surface area (TPSA) is 0 Å². The second kappa shape index (κ2) is 4.78. The molecule has 11 heavy (non-hydrogen) atoms. The van der Waals surface area contributed by atoms with Crippen LogP contribution in [-0.2, 0) is 0 Å². The molecule has 0 saturated heterocycles. The summed E-state index contributed by atoms with van der Waals surface area (Å²) < 4.78 is -1.48. The van der Waals surface area contributed by atoms with Crippen molar-refractivity contribution in [2.45, 2.75) is 7.52 Å². The first-order chi connectivity index (χ1) is 4.50. The van der Waals surface area contributed by atoms with Crippen LogP contribution in [0.4, 0.5) is 0 Å². The smallest absolute Gasteiger partial charge is 0.0657 e. The van der Waals surface area contributed by atoms with Gasteiger partial charge in [0.2, 0.25) is 0 Å². The highest BCUT2D eigenvalue weighted by atomic mass is 80.0. The van der Waals surface area contributed by atoms with Gasteiger partial charge in [-0.15, -0.1) is 0 Å². The van der Waals surface area contributed by atoms with Crippen molar-refractivity contribution in [3.63, 3.8) is 0 Å². The zero-order chi connectivity index (χ0) is 9.50. The normalized spacial score (nSPS) is 15.3. The molecule has 0 heterocycles. The Hall–Kier alpha value is 3.84. The van der Waals surface area contributed by atoms with E-state index in [-0.39, 0.29) is 0 Å². The van der Waals surface area contributed by atoms with Gasteiger partial charge in [-0.05, 0) is 0 Å². The minimum Gasteiger partial charge on any atom is -0.0657 e. The van der Waals surface area contributed by atoms with Crippen molar-refractivity contribution in [2.24, 2.45) is 0 Å². The summed E-state index contributed by atoms with van der Waals surface area (Å²) in [5, 5.41) is 0. The Balaban J connectivity index is 4.75. The Morgan fingerprint density at radius 1 is 0.455 bits per heavy atom. The van der Waals surface area contributed by atoms with E-state index in [0.717, 1.165) is 0 Å². The fourth-order valence-electron chi connectivity index (χ4n) is 0.161. The van der Waals surface area contributed by atoms with Crippen LogP contribution in [0.15, 0.2) is 0 Å². The van der Waals surface area contributed by atoms with E-state index in [2.05, 4.69) is 127 Å². The summed E-state index contributed by atoms with van der Waals surface area (Å²) in [6.07, 6.45) is 0. The quantitative estimate of drug-likeness (QED) is 0.271. The van der Waals surface area contributed by atoms with Gasteiger partial charge >= 0.3 is 0 Å². The molecular weight excluding hydrogens is 675 g/mol. The Morgan fingerprint density at radius 2 is 0.636 bits per heavy atom. The van der Waals surface area contributed by atoms with Crippen molar-refractivity contribution in [1.29, 1.82) is 0 Å². The molecule has 0 aromatic rings. The third-order valence-corrected chi connectivity index (χ3v) is 13.0. The zero-order valence-electron chi connectivity index (χ0n) is 4.52. The van der Waals surface area contributed by atoms with Crippen LogP contribution >= 0.6 is 127 Å². The van der Waals surface area contributed by atoms with Crippen LogP contribution < -0.4 is 0 Å². The Bertz CT molecular complexity index is 120. The molecular formula is C3Br8. The lowest BCUT2D eigenvalue weighted by Crippen LogP contribution is -2.40. The molecule has 0 atom stereocenters.